The van der Waals surface area contributed by atoms with Crippen molar-refractivity contribution >= 4 is 17.3 Å². The van der Waals surface area contributed by atoms with E-state index in [0.717, 1.165) is 23.8 Å². The van der Waals surface area contributed by atoms with Crippen molar-refractivity contribution in [2.45, 2.75) is 44.6 Å². The van der Waals surface area contributed by atoms with Crippen LogP contribution < -0.4 is 15.5 Å². The Labute approximate surface area is 133 Å². The minimum atomic E-state index is 0.0490. The Morgan fingerprint density at radius 3 is 2.64 bits per heavy atom. The van der Waals surface area contributed by atoms with E-state index >= 15 is 0 Å². The second-order valence-electron chi connectivity index (χ2n) is 6.69. The van der Waals surface area contributed by atoms with E-state index in [-0.39, 0.29) is 5.91 Å². The smallest absolute Gasteiger partial charge is 0.238 e. The zero-order chi connectivity index (χ0) is 15.4. The predicted molar refractivity (Wildman–Crippen MR) is 91.3 cm³/mol. The van der Waals surface area contributed by atoms with Gasteiger partial charge in [-0.25, -0.2) is 0 Å². The standard InChI is InChI=1S/C18H27N3O/c1-21(15-6-2-3-7-15)17-9-5-4-8-16(17)20-18(22)13-19-12-14-10-11-14/h4-5,8-9,14-15,19H,2-3,6-7,10-13H2,1H3,(H,20,22). The maximum atomic E-state index is 12.1. The number of carbonyl (C=O) groups excluding carboxylic acids is 1. The van der Waals surface area contributed by atoms with Crippen molar-refractivity contribution in [1.82, 2.24) is 5.32 Å². The van der Waals surface area contributed by atoms with Crippen molar-refractivity contribution in [1.29, 1.82) is 0 Å². The summed E-state index contributed by atoms with van der Waals surface area (Å²) in [5.41, 5.74) is 2.06. The van der Waals surface area contributed by atoms with Crippen molar-refractivity contribution in [3.63, 3.8) is 0 Å². The number of nitrogens with one attached hydrogen (secondary N) is 2. The second-order valence-corrected chi connectivity index (χ2v) is 6.69. The maximum Gasteiger partial charge on any atom is 0.238 e. The highest BCUT2D eigenvalue weighted by molar-refractivity contribution is 5.95. The summed E-state index contributed by atoms with van der Waals surface area (Å²) in [5.74, 6) is 0.849. The van der Waals surface area contributed by atoms with Crippen LogP contribution in [-0.4, -0.2) is 32.1 Å². The molecule has 0 unspecified atom stereocenters. The van der Waals surface area contributed by atoms with Crippen LogP contribution in [0.25, 0.3) is 0 Å². The normalized spacial score (nSPS) is 18.4. The average Bonchev–Trinajstić information content (AvgIpc) is 3.18. The number of carbonyl (C=O) groups is 1. The van der Waals surface area contributed by atoms with Crippen molar-refractivity contribution < 1.29 is 4.79 Å². The first kappa shape index (κ1) is 15.3. The number of para-hydroxylation sites is 2. The molecule has 22 heavy (non-hydrogen) atoms. The Kier molecular flexibility index (Phi) is 4.98. The molecule has 0 radical (unpaired) electrons. The number of amides is 1. The predicted octanol–water partition coefficient (Wildman–Crippen LogP) is 3.00. The summed E-state index contributed by atoms with van der Waals surface area (Å²) in [6.45, 7) is 1.37. The molecular formula is C18H27N3O. The third-order valence-corrected chi connectivity index (χ3v) is 4.85. The van der Waals surface area contributed by atoms with Crippen LogP contribution in [0.3, 0.4) is 0 Å². The molecule has 2 aliphatic rings. The fraction of sp³-hybridized carbons (Fsp3) is 0.611. The molecule has 0 bridgehead atoms. The van der Waals surface area contributed by atoms with Gasteiger partial charge in [-0.2, -0.15) is 0 Å². The fourth-order valence-corrected chi connectivity index (χ4v) is 3.28. The van der Waals surface area contributed by atoms with Crippen LogP contribution in [0, 0.1) is 5.92 Å². The SMILES string of the molecule is CN(c1ccccc1NC(=O)CNCC1CC1)C1CCCC1. The molecule has 4 nitrogen and oxygen atoms in total. The van der Waals surface area contributed by atoms with Crippen LogP contribution in [0.15, 0.2) is 24.3 Å². The van der Waals surface area contributed by atoms with E-state index < -0.39 is 0 Å². The lowest BCUT2D eigenvalue weighted by Gasteiger charge is -2.28. The first-order chi connectivity index (χ1) is 10.7. The molecule has 120 valence electrons. The highest BCUT2D eigenvalue weighted by Gasteiger charge is 2.22. The quantitative estimate of drug-likeness (QED) is 0.814. The molecule has 0 heterocycles. The van der Waals surface area contributed by atoms with Crippen molar-refractivity contribution in [3.8, 4) is 0 Å². The summed E-state index contributed by atoms with van der Waals surface area (Å²) in [7, 11) is 2.15. The average molecular weight is 301 g/mol. The molecular weight excluding hydrogens is 274 g/mol. The van der Waals surface area contributed by atoms with Gasteiger partial charge in [0.25, 0.3) is 0 Å². The Balaban J connectivity index is 1.58. The number of benzene rings is 1. The molecule has 2 aliphatic carbocycles. The van der Waals surface area contributed by atoms with Crippen LogP contribution in [0.4, 0.5) is 11.4 Å². The Morgan fingerprint density at radius 1 is 1.18 bits per heavy atom. The molecule has 0 spiro atoms. The van der Waals surface area contributed by atoms with E-state index in [1.54, 1.807) is 0 Å². The Hall–Kier alpha value is -1.55. The molecule has 2 N–H and O–H groups in total. The third kappa shape index (κ3) is 4.01. The molecule has 0 saturated heterocycles. The molecule has 0 aromatic heterocycles. The van der Waals surface area contributed by atoms with Crippen molar-refractivity contribution in [3.05, 3.63) is 24.3 Å². The van der Waals surface area contributed by atoms with Gasteiger partial charge in [0.2, 0.25) is 5.91 Å². The molecule has 3 rings (SSSR count). The fourth-order valence-electron chi connectivity index (χ4n) is 3.28. The molecule has 2 fully saturated rings. The molecule has 4 heteroatoms. The molecule has 1 aromatic rings. The number of hydrogen-bond donors (Lipinski definition) is 2. The minimum Gasteiger partial charge on any atom is -0.370 e. The maximum absolute atomic E-state index is 12.1. The molecule has 2 saturated carbocycles. The van der Waals surface area contributed by atoms with Crippen LogP contribution in [-0.2, 0) is 4.79 Å². The van der Waals surface area contributed by atoms with Gasteiger partial charge in [-0.1, -0.05) is 25.0 Å². The van der Waals surface area contributed by atoms with Crippen molar-refractivity contribution in [2.75, 3.05) is 30.4 Å². The summed E-state index contributed by atoms with van der Waals surface area (Å²) in [4.78, 5) is 14.5. The lowest BCUT2D eigenvalue weighted by Crippen LogP contribution is -2.32. The first-order valence-electron chi connectivity index (χ1n) is 8.56. The summed E-state index contributed by atoms with van der Waals surface area (Å²) in [6.07, 6.45) is 7.75. The first-order valence-corrected chi connectivity index (χ1v) is 8.56. The van der Waals surface area contributed by atoms with Gasteiger partial charge in [-0.3, -0.25) is 4.79 Å². The minimum absolute atomic E-state index is 0.0490. The lowest BCUT2D eigenvalue weighted by atomic mass is 10.1. The van der Waals surface area contributed by atoms with E-state index in [9.17, 15) is 4.79 Å². The van der Waals surface area contributed by atoms with Gasteiger partial charge < -0.3 is 15.5 Å². The molecule has 0 aliphatic heterocycles. The van der Waals surface area contributed by atoms with Gasteiger partial charge in [-0.15, -0.1) is 0 Å². The zero-order valence-electron chi connectivity index (χ0n) is 13.5. The van der Waals surface area contributed by atoms with E-state index in [1.165, 1.54) is 38.5 Å². The van der Waals surface area contributed by atoms with Gasteiger partial charge in [0, 0.05) is 13.1 Å². The molecule has 0 atom stereocenters. The van der Waals surface area contributed by atoms with E-state index in [4.69, 9.17) is 0 Å². The summed E-state index contributed by atoms with van der Waals surface area (Å²) >= 11 is 0. The van der Waals surface area contributed by atoms with Crippen LogP contribution in [0.5, 0.6) is 0 Å². The largest absolute Gasteiger partial charge is 0.370 e. The van der Waals surface area contributed by atoms with E-state index in [2.05, 4.69) is 28.6 Å². The third-order valence-electron chi connectivity index (χ3n) is 4.85. The number of anilines is 2. The molecule has 1 amide bonds. The van der Waals surface area contributed by atoms with Crippen LogP contribution in [0.2, 0.25) is 0 Å². The van der Waals surface area contributed by atoms with Gasteiger partial charge in [0.15, 0.2) is 0 Å². The van der Waals surface area contributed by atoms with E-state index in [0.29, 0.717) is 12.6 Å². The van der Waals surface area contributed by atoms with Gasteiger partial charge in [0.1, 0.15) is 0 Å². The summed E-state index contributed by atoms with van der Waals surface area (Å²) in [6, 6.07) is 8.73. The summed E-state index contributed by atoms with van der Waals surface area (Å²) < 4.78 is 0. The Morgan fingerprint density at radius 2 is 1.91 bits per heavy atom. The Bertz CT molecular complexity index is 507. The number of hydrogen-bond acceptors (Lipinski definition) is 3. The van der Waals surface area contributed by atoms with E-state index in [1.807, 2.05) is 18.2 Å². The molecule has 1 aromatic carbocycles. The lowest BCUT2D eigenvalue weighted by molar-refractivity contribution is -0.115. The van der Waals surface area contributed by atoms with Gasteiger partial charge in [0.05, 0.1) is 17.9 Å². The topological polar surface area (TPSA) is 44.4 Å². The van der Waals surface area contributed by atoms with Gasteiger partial charge >= 0.3 is 0 Å². The van der Waals surface area contributed by atoms with Crippen LogP contribution >= 0.6 is 0 Å². The van der Waals surface area contributed by atoms with Crippen LogP contribution in [0.1, 0.15) is 38.5 Å². The zero-order valence-corrected chi connectivity index (χ0v) is 13.5. The van der Waals surface area contributed by atoms with Gasteiger partial charge in [-0.05, 0) is 50.3 Å². The second kappa shape index (κ2) is 7.14. The monoisotopic (exact) mass is 301 g/mol. The van der Waals surface area contributed by atoms with Crippen molar-refractivity contribution in [2.24, 2.45) is 5.92 Å². The number of nitrogens with zero attached hydrogens (tertiary/aromatic N) is 1. The highest BCUT2D eigenvalue weighted by Crippen LogP contribution is 2.31. The highest BCUT2D eigenvalue weighted by atomic mass is 16.1. The number of rotatable bonds is 7. The summed E-state index contributed by atoms with van der Waals surface area (Å²) in [5, 5.41) is 6.31.